The summed E-state index contributed by atoms with van der Waals surface area (Å²) in [6.45, 7) is 3.83. The van der Waals surface area contributed by atoms with Crippen LogP contribution in [0.5, 0.6) is 0 Å². The van der Waals surface area contributed by atoms with Gasteiger partial charge in [-0.2, -0.15) is 4.39 Å². The SMILES string of the molecule is Cc1ccc([S@@](=O)/C(F)=C\c2ccccc2C)cc1. The van der Waals surface area contributed by atoms with Crippen LogP contribution < -0.4 is 0 Å². The fraction of sp³-hybridized carbons (Fsp3) is 0.125. The predicted molar refractivity (Wildman–Crippen MR) is 77.9 cm³/mol. The van der Waals surface area contributed by atoms with Crippen molar-refractivity contribution in [2.45, 2.75) is 18.7 Å². The van der Waals surface area contributed by atoms with E-state index in [2.05, 4.69) is 0 Å². The third-order valence-corrected chi connectivity index (χ3v) is 4.04. The van der Waals surface area contributed by atoms with E-state index < -0.39 is 16.0 Å². The first-order chi connectivity index (χ1) is 9.08. The van der Waals surface area contributed by atoms with Gasteiger partial charge in [0, 0.05) is 4.90 Å². The van der Waals surface area contributed by atoms with E-state index in [0.717, 1.165) is 16.7 Å². The zero-order chi connectivity index (χ0) is 13.8. The van der Waals surface area contributed by atoms with Crippen LogP contribution in [0, 0.1) is 13.8 Å². The quantitative estimate of drug-likeness (QED) is 0.811. The van der Waals surface area contributed by atoms with E-state index >= 15 is 0 Å². The van der Waals surface area contributed by atoms with Crippen LogP contribution >= 0.6 is 0 Å². The fourth-order valence-electron chi connectivity index (χ4n) is 1.70. The molecule has 0 saturated heterocycles. The maximum Gasteiger partial charge on any atom is 0.192 e. The van der Waals surface area contributed by atoms with Crippen LogP contribution in [0.3, 0.4) is 0 Å². The first-order valence-electron chi connectivity index (χ1n) is 5.99. The van der Waals surface area contributed by atoms with Gasteiger partial charge in [-0.05, 0) is 43.2 Å². The van der Waals surface area contributed by atoms with E-state index in [1.54, 1.807) is 18.2 Å². The van der Waals surface area contributed by atoms with Crippen molar-refractivity contribution in [2.24, 2.45) is 0 Å². The molecule has 0 radical (unpaired) electrons. The first kappa shape index (κ1) is 13.7. The van der Waals surface area contributed by atoms with Crippen LogP contribution in [0.2, 0.25) is 0 Å². The predicted octanol–water partition coefficient (Wildman–Crippen LogP) is 4.38. The van der Waals surface area contributed by atoms with Gasteiger partial charge < -0.3 is 0 Å². The highest BCUT2D eigenvalue weighted by Crippen LogP contribution is 2.20. The lowest BCUT2D eigenvalue weighted by molar-refractivity contribution is 0.653. The van der Waals surface area contributed by atoms with Gasteiger partial charge in [-0.1, -0.05) is 42.0 Å². The van der Waals surface area contributed by atoms with Gasteiger partial charge in [0.1, 0.15) is 10.8 Å². The minimum Gasteiger partial charge on any atom is -0.247 e. The average molecular weight is 274 g/mol. The van der Waals surface area contributed by atoms with Gasteiger partial charge in [0.2, 0.25) is 0 Å². The van der Waals surface area contributed by atoms with E-state index in [9.17, 15) is 8.60 Å². The highest BCUT2D eigenvalue weighted by atomic mass is 32.2. The molecule has 2 aromatic carbocycles. The van der Waals surface area contributed by atoms with Crippen LogP contribution in [0.15, 0.2) is 58.6 Å². The Labute approximate surface area is 115 Å². The molecule has 0 fully saturated rings. The second-order valence-electron chi connectivity index (χ2n) is 4.39. The van der Waals surface area contributed by atoms with Gasteiger partial charge in [0.15, 0.2) is 5.16 Å². The van der Waals surface area contributed by atoms with Crippen molar-refractivity contribution in [3.8, 4) is 0 Å². The molecule has 0 aromatic heterocycles. The summed E-state index contributed by atoms with van der Waals surface area (Å²) in [5.74, 6) is 0. The lowest BCUT2D eigenvalue weighted by atomic mass is 10.1. The molecule has 0 aliphatic carbocycles. The Morgan fingerprint density at radius 3 is 2.32 bits per heavy atom. The smallest absolute Gasteiger partial charge is 0.192 e. The van der Waals surface area contributed by atoms with Crippen LogP contribution in [0.25, 0.3) is 6.08 Å². The summed E-state index contributed by atoms with van der Waals surface area (Å²) in [5.41, 5.74) is 2.77. The van der Waals surface area contributed by atoms with Gasteiger partial charge in [0.25, 0.3) is 0 Å². The molecule has 2 rings (SSSR count). The zero-order valence-corrected chi connectivity index (χ0v) is 11.7. The molecular formula is C16H15FOS. The largest absolute Gasteiger partial charge is 0.247 e. The Morgan fingerprint density at radius 2 is 1.68 bits per heavy atom. The lowest BCUT2D eigenvalue weighted by Crippen LogP contribution is -1.92. The van der Waals surface area contributed by atoms with Crippen molar-refractivity contribution in [1.82, 2.24) is 0 Å². The first-order valence-corrected chi connectivity index (χ1v) is 7.14. The minimum absolute atomic E-state index is 0.480. The summed E-state index contributed by atoms with van der Waals surface area (Å²) in [6.07, 6.45) is 1.34. The maximum atomic E-state index is 14.0. The summed E-state index contributed by atoms with van der Waals surface area (Å²) in [5, 5.41) is -0.627. The number of hydrogen-bond donors (Lipinski definition) is 0. The number of benzene rings is 2. The van der Waals surface area contributed by atoms with Crippen molar-refractivity contribution in [3.05, 3.63) is 70.4 Å². The highest BCUT2D eigenvalue weighted by molar-refractivity contribution is 7.89. The molecule has 19 heavy (non-hydrogen) atoms. The van der Waals surface area contributed by atoms with Crippen LogP contribution in [-0.4, -0.2) is 4.21 Å². The molecule has 0 amide bonds. The molecule has 0 bridgehead atoms. The zero-order valence-electron chi connectivity index (χ0n) is 10.9. The summed E-state index contributed by atoms with van der Waals surface area (Å²) in [7, 11) is -1.75. The third kappa shape index (κ3) is 3.38. The van der Waals surface area contributed by atoms with Crippen molar-refractivity contribution >= 4 is 16.9 Å². The molecule has 98 valence electrons. The molecule has 2 aromatic rings. The molecule has 0 aliphatic rings. The molecule has 1 atom stereocenters. The van der Waals surface area contributed by atoms with Gasteiger partial charge in [-0.25, -0.2) is 4.21 Å². The van der Waals surface area contributed by atoms with E-state index in [0.29, 0.717) is 4.90 Å². The minimum atomic E-state index is -1.75. The van der Waals surface area contributed by atoms with E-state index in [4.69, 9.17) is 0 Å². The second-order valence-corrected chi connectivity index (χ2v) is 5.79. The Balaban J connectivity index is 2.29. The molecule has 0 N–H and O–H groups in total. The van der Waals surface area contributed by atoms with Crippen LogP contribution in [0.4, 0.5) is 4.39 Å². The Morgan fingerprint density at radius 1 is 1.05 bits per heavy atom. The number of aryl methyl sites for hydroxylation is 2. The van der Waals surface area contributed by atoms with Crippen molar-refractivity contribution < 1.29 is 8.60 Å². The molecular weight excluding hydrogens is 259 g/mol. The number of hydrogen-bond acceptors (Lipinski definition) is 1. The molecule has 0 aliphatic heterocycles. The number of halogens is 1. The molecule has 0 saturated carbocycles. The standard InChI is InChI=1S/C16H15FOS/c1-12-7-9-15(10-8-12)19(18)16(17)11-14-6-4-3-5-13(14)2/h3-11H,1-2H3/b16-11-/t19-/m1/s1. The Kier molecular flexibility index (Phi) is 4.27. The maximum absolute atomic E-state index is 14.0. The summed E-state index contributed by atoms with van der Waals surface area (Å²) >= 11 is 0. The van der Waals surface area contributed by atoms with Crippen LogP contribution in [0.1, 0.15) is 16.7 Å². The third-order valence-electron chi connectivity index (χ3n) is 2.87. The molecule has 0 unspecified atom stereocenters. The monoisotopic (exact) mass is 274 g/mol. The van der Waals surface area contributed by atoms with Crippen molar-refractivity contribution in [2.75, 3.05) is 0 Å². The lowest BCUT2D eigenvalue weighted by Gasteiger charge is -2.02. The summed E-state index contributed by atoms with van der Waals surface area (Å²) in [4.78, 5) is 0.480. The highest BCUT2D eigenvalue weighted by Gasteiger charge is 2.10. The Hall–Kier alpha value is -1.74. The molecule has 3 heteroatoms. The van der Waals surface area contributed by atoms with Crippen molar-refractivity contribution in [3.63, 3.8) is 0 Å². The molecule has 1 nitrogen and oxygen atoms in total. The summed E-state index contributed by atoms with van der Waals surface area (Å²) in [6, 6.07) is 14.5. The van der Waals surface area contributed by atoms with E-state index in [-0.39, 0.29) is 0 Å². The van der Waals surface area contributed by atoms with Crippen LogP contribution in [-0.2, 0) is 10.8 Å². The van der Waals surface area contributed by atoms with Gasteiger partial charge in [0.05, 0.1) is 0 Å². The van der Waals surface area contributed by atoms with Gasteiger partial charge >= 0.3 is 0 Å². The fourth-order valence-corrected chi connectivity index (χ4v) is 2.54. The van der Waals surface area contributed by atoms with E-state index in [1.165, 1.54) is 6.08 Å². The van der Waals surface area contributed by atoms with Crippen molar-refractivity contribution in [1.29, 1.82) is 0 Å². The van der Waals surface area contributed by atoms with E-state index in [1.807, 2.05) is 44.2 Å². The number of rotatable bonds is 3. The Bertz CT molecular complexity index is 629. The topological polar surface area (TPSA) is 17.1 Å². The van der Waals surface area contributed by atoms with Gasteiger partial charge in [-0.3, -0.25) is 0 Å². The normalized spacial score (nSPS) is 13.3. The summed E-state index contributed by atoms with van der Waals surface area (Å²) < 4.78 is 26.0. The molecule has 0 heterocycles. The average Bonchev–Trinajstić information content (AvgIpc) is 2.41. The second kappa shape index (κ2) is 5.93. The molecule has 0 spiro atoms. The van der Waals surface area contributed by atoms with Gasteiger partial charge in [-0.15, -0.1) is 0 Å².